The number of hydrogen-bond donors (Lipinski definition) is 3. The number of allylic oxidation sites excluding steroid dienone is 1. The van der Waals surface area contributed by atoms with Gasteiger partial charge in [-0.05, 0) is 49.2 Å². The van der Waals surface area contributed by atoms with Gasteiger partial charge in [0.1, 0.15) is 5.75 Å². The molecule has 2 aromatic rings. The monoisotopic (exact) mass is 515 g/mol. The van der Waals surface area contributed by atoms with Crippen molar-refractivity contribution in [1.29, 1.82) is 0 Å². The smallest absolute Gasteiger partial charge is 0.290 e. The van der Waals surface area contributed by atoms with Crippen LogP contribution >= 0.6 is 0 Å². The van der Waals surface area contributed by atoms with E-state index in [1.165, 1.54) is 6.07 Å². The Hall–Kier alpha value is -3.31. The molecular formula is C27H33NO9. The molecule has 0 saturated carbocycles. The summed E-state index contributed by atoms with van der Waals surface area (Å²) in [6.07, 6.45) is 1.66. The Bertz CT molecular complexity index is 1070. The van der Waals surface area contributed by atoms with Crippen LogP contribution in [0.15, 0.2) is 54.3 Å². The number of benzene rings is 2. The van der Waals surface area contributed by atoms with E-state index in [4.69, 9.17) is 33.5 Å². The number of para-hydroxylation sites is 2. The third kappa shape index (κ3) is 6.92. The van der Waals surface area contributed by atoms with Gasteiger partial charge in [0.15, 0.2) is 17.3 Å². The molecule has 4 rings (SSSR count). The fourth-order valence-electron chi connectivity index (χ4n) is 4.31. The van der Waals surface area contributed by atoms with E-state index in [-0.39, 0.29) is 49.0 Å². The lowest BCUT2D eigenvalue weighted by Gasteiger charge is -2.37. The number of fused-ring (bicyclic) bond motifs is 1. The molecule has 200 valence electrons. The number of nitrogens with one attached hydrogen (secondary N) is 1. The van der Waals surface area contributed by atoms with Gasteiger partial charge in [-0.1, -0.05) is 18.2 Å². The third-order valence-corrected chi connectivity index (χ3v) is 6.08. The third-order valence-electron chi connectivity index (χ3n) is 6.08. The zero-order chi connectivity index (χ0) is 26.0. The van der Waals surface area contributed by atoms with Gasteiger partial charge in [0, 0.05) is 25.0 Å². The van der Waals surface area contributed by atoms with E-state index < -0.39 is 12.2 Å². The van der Waals surface area contributed by atoms with Crippen LogP contribution in [0.5, 0.6) is 17.2 Å². The Morgan fingerprint density at radius 2 is 1.84 bits per heavy atom. The molecular weight excluding hydrogens is 482 g/mol. The van der Waals surface area contributed by atoms with Crippen LogP contribution < -0.4 is 14.8 Å². The molecule has 3 atom stereocenters. The molecule has 0 unspecified atom stereocenters. The van der Waals surface area contributed by atoms with Gasteiger partial charge in [-0.25, -0.2) is 0 Å². The lowest BCUT2D eigenvalue weighted by molar-refractivity contribution is -0.166. The number of carbonyl (C=O) groups is 1. The number of aliphatic hydroxyl groups is 1. The molecule has 10 heteroatoms. The summed E-state index contributed by atoms with van der Waals surface area (Å²) in [5, 5.41) is 21.6. The van der Waals surface area contributed by atoms with Crippen molar-refractivity contribution >= 4 is 11.6 Å². The van der Waals surface area contributed by atoms with Crippen molar-refractivity contribution in [1.82, 2.24) is 0 Å². The standard InChI is InChI=1S/C27H33NO9/c1-2-34-27-19(9-11-32-13-14-33-12-10-29)20(18-7-8-23-24(15-18)36-17-35-23)16-25(37-27)26(31)28-21-5-3-4-6-22(21)30/h3-8,15-16,19-20,27,29-30H,2,9-14,17H2,1H3,(H,28,31)/t19-,20+,27+/m0/s1. The zero-order valence-electron chi connectivity index (χ0n) is 20.8. The SMILES string of the molecule is CCO[C@@H]1OC(C(=O)Nc2ccccc2O)=C[C@H](c2ccc3c(c2)OCO3)[C@@H]1CCOCCOCCO. The summed E-state index contributed by atoms with van der Waals surface area (Å²) in [4.78, 5) is 13.2. The topological polar surface area (TPSA) is 125 Å². The Morgan fingerprint density at radius 1 is 1.05 bits per heavy atom. The zero-order valence-corrected chi connectivity index (χ0v) is 20.8. The molecule has 1 amide bonds. The summed E-state index contributed by atoms with van der Waals surface area (Å²) < 4.78 is 34.0. The Balaban J connectivity index is 1.56. The summed E-state index contributed by atoms with van der Waals surface area (Å²) >= 11 is 0. The van der Waals surface area contributed by atoms with Crippen LogP contribution in [0.1, 0.15) is 24.8 Å². The maximum absolute atomic E-state index is 13.2. The van der Waals surface area contributed by atoms with E-state index in [1.807, 2.05) is 25.1 Å². The molecule has 2 heterocycles. The summed E-state index contributed by atoms with van der Waals surface area (Å²) in [6.45, 7) is 3.87. The predicted octanol–water partition coefficient (Wildman–Crippen LogP) is 3.15. The molecule has 2 aromatic carbocycles. The molecule has 2 aliphatic heterocycles. The number of hydrogen-bond acceptors (Lipinski definition) is 9. The molecule has 0 aliphatic carbocycles. The van der Waals surface area contributed by atoms with Crippen LogP contribution in [-0.2, 0) is 23.7 Å². The summed E-state index contributed by atoms with van der Waals surface area (Å²) in [5.41, 5.74) is 1.20. The average Bonchev–Trinajstić information content (AvgIpc) is 3.38. The highest BCUT2D eigenvalue weighted by Gasteiger charge is 2.38. The fourth-order valence-corrected chi connectivity index (χ4v) is 4.31. The minimum atomic E-state index is -0.704. The normalized spacial score (nSPS) is 20.3. The molecule has 0 bridgehead atoms. The largest absolute Gasteiger partial charge is 0.506 e. The highest BCUT2D eigenvalue weighted by Crippen LogP contribution is 2.42. The second-order valence-electron chi connectivity index (χ2n) is 8.48. The fraction of sp³-hybridized carbons (Fsp3) is 0.444. The molecule has 3 N–H and O–H groups in total. The lowest BCUT2D eigenvalue weighted by atomic mass is 9.81. The van der Waals surface area contributed by atoms with Crippen molar-refractivity contribution < 1.29 is 43.4 Å². The van der Waals surface area contributed by atoms with Gasteiger partial charge in [-0.2, -0.15) is 0 Å². The number of carbonyl (C=O) groups excluding carboxylic acids is 1. The van der Waals surface area contributed by atoms with Gasteiger partial charge in [0.25, 0.3) is 5.91 Å². The van der Waals surface area contributed by atoms with Crippen LogP contribution in [0, 0.1) is 5.92 Å². The van der Waals surface area contributed by atoms with Crippen molar-refractivity contribution in [2.45, 2.75) is 25.6 Å². The molecule has 0 saturated heterocycles. The number of aliphatic hydroxyl groups excluding tert-OH is 1. The van der Waals surface area contributed by atoms with Crippen molar-refractivity contribution in [3.05, 3.63) is 59.9 Å². The molecule has 2 aliphatic rings. The summed E-state index contributed by atoms with van der Waals surface area (Å²) in [7, 11) is 0. The highest BCUT2D eigenvalue weighted by atomic mass is 16.7. The molecule has 10 nitrogen and oxygen atoms in total. The quantitative estimate of drug-likeness (QED) is 0.272. The minimum absolute atomic E-state index is 0.0290. The van der Waals surface area contributed by atoms with E-state index in [0.717, 1.165) is 5.56 Å². The van der Waals surface area contributed by atoms with Gasteiger partial charge in [-0.3, -0.25) is 4.79 Å². The van der Waals surface area contributed by atoms with E-state index in [0.29, 0.717) is 44.3 Å². The first kappa shape index (κ1) is 26.7. The molecule has 0 spiro atoms. The molecule has 37 heavy (non-hydrogen) atoms. The molecule has 0 radical (unpaired) electrons. The first-order valence-electron chi connectivity index (χ1n) is 12.4. The van der Waals surface area contributed by atoms with Crippen LogP contribution in [-0.4, -0.2) is 68.8 Å². The van der Waals surface area contributed by atoms with Crippen LogP contribution in [0.2, 0.25) is 0 Å². The number of phenols is 1. The Morgan fingerprint density at radius 3 is 2.62 bits per heavy atom. The van der Waals surface area contributed by atoms with Crippen LogP contribution in [0.3, 0.4) is 0 Å². The second kappa shape index (κ2) is 13.3. The minimum Gasteiger partial charge on any atom is -0.506 e. The second-order valence-corrected chi connectivity index (χ2v) is 8.48. The van der Waals surface area contributed by atoms with E-state index in [2.05, 4.69) is 5.32 Å². The number of aromatic hydroxyl groups is 1. The number of phenolic OH excluding ortho intramolecular Hbond substituents is 1. The first-order valence-corrected chi connectivity index (χ1v) is 12.4. The van der Waals surface area contributed by atoms with Crippen molar-refractivity contribution in [3.8, 4) is 17.2 Å². The lowest BCUT2D eigenvalue weighted by Crippen LogP contribution is -2.38. The maximum Gasteiger partial charge on any atom is 0.290 e. The number of anilines is 1. The van der Waals surface area contributed by atoms with Crippen molar-refractivity contribution in [2.75, 3.05) is 51.8 Å². The van der Waals surface area contributed by atoms with Gasteiger partial charge >= 0.3 is 0 Å². The number of amides is 1. The summed E-state index contributed by atoms with van der Waals surface area (Å²) in [6, 6.07) is 12.2. The van der Waals surface area contributed by atoms with Crippen molar-refractivity contribution in [3.63, 3.8) is 0 Å². The maximum atomic E-state index is 13.2. The van der Waals surface area contributed by atoms with Gasteiger partial charge in [0.2, 0.25) is 13.1 Å². The van der Waals surface area contributed by atoms with Crippen LogP contribution in [0.25, 0.3) is 0 Å². The van der Waals surface area contributed by atoms with Crippen molar-refractivity contribution in [2.24, 2.45) is 5.92 Å². The van der Waals surface area contributed by atoms with E-state index in [9.17, 15) is 9.90 Å². The molecule has 0 aromatic heterocycles. The van der Waals surface area contributed by atoms with Gasteiger partial charge < -0.3 is 44.0 Å². The average molecular weight is 516 g/mol. The van der Waals surface area contributed by atoms with E-state index in [1.54, 1.807) is 24.3 Å². The summed E-state index contributed by atoms with van der Waals surface area (Å²) in [5.74, 6) is 0.452. The number of ether oxygens (including phenoxy) is 6. The molecule has 0 fully saturated rings. The van der Waals surface area contributed by atoms with E-state index >= 15 is 0 Å². The van der Waals surface area contributed by atoms with Crippen LogP contribution in [0.4, 0.5) is 5.69 Å². The van der Waals surface area contributed by atoms with Gasteiger partial charge in [0.05, 0.1) is 32.1 Å². The number of rotatable bonds is 13. The first-order chi connectivity index (χ1) is 18.1. The Kier molecular flexibility index (Phi) is 9.61. The predicted molar refractivity (Wildman–Crippen MR) is 133 cm³/mol. The highest BCUT2D eigenvalue weighted by molar-refractivity contribution is 6.03. The van der Waals surface area contributed by atoms with Gasteiger partial charge in [-0.15, -0.1) is 0 Å². The Labute approximate surface area is 215 Å².